The number of rotatable bonds is 5. The highest BCUT2D eigenvalue weighted by Gasteiger charge is 2.28. The lowest BCUT2D eigenvalue weighted by molar-refractivity contribution is 0.0495. The van der Waals surface area contributed by atoms with E-state index in [2.05, 4.69) is 25.5 Å². The molecular weight excluding hydrogens is 394 g/mol. The molecular formula is C22H29N7O2. The van der Waals surface area contributed by atoms with E-state index < -0.39 is 0 Å². The molecule has 2 aromatic heterocycles. The van der Waals surface area contributed by atoms with E-state index in [1.165, 1.54) is 12.8 Å². The van der Waals surface area contributed by atoms with Crippen molar-refractivity contribution in [2.45, 2.75) is 56.7 Å². The van der Waals surface area contributed by atoms with Gasteiger partial charge in [0, 0.05) is 25.2 Å². The molecule has 0 atom stereocenters. The molecule has 5 rings (SSSR count). The fraction of sp³-hybridized carbons (Fsp3) is 0.545. The van der Waals surface area contributed by atoms with Crippen LogP contribution in [-0.2, 0) is 0 Å². The van der Waals surface area contributed by atoms with Crippen LogP contribution in [0.1, 0.15) is 38.5 Å². The molecule has 1 aliphatic heterocycles. The van der Waals surface area contributed by atoms with Gasteiger partial charge < -0.3 is 20.1 Å². The molecule has 9 nitrogen and oxygen atoms in total. The largest absolute Gasteiger partial charge is 0.497 e. The van der Waals surface area contributed by atoms with Gasteiger partial charge in [-0.1, -0.05) is 5.21 Å². The first-order valence-electron chi connectivity index (χ1n) is 11.1. The summed E-state index contributed by atoms with van der Waals surface area (Å²) in [5, 5.41) is 21.7. The highest BCUT2D eigenvalue weighted by atomic mass is 16.5. The molecule has 0 unspecified atom stereocenters. The van der Waals surface area contributed by atoms with Crippen LogP contribution in [0.15, 0.2) is 30.5 Å². The normalized spacial score (nSPS) is 23.2. The van der Waals surface area contributed by atoms with Crippen molar-refractivity contribution in [3.05, 3.63) is 30.5 Å². The lowest BCUT2D eigenvalue weighted by Gasteiger charge is -2.40. The van der Waals surface area contributed by atoms with E-state index in [9.17, 15) is 5.11 Å². The van der Waals surface area contributed by atoms with Gasteiger partial charge in [-0.05, 0) is 62.8 Å². The number of methoxy groups -OCH3 is 1. The van der Waals surface area contributed by atoms with Crippen LogP contribution in [0.4, 0.5) is 5.95 Å². The van der Waals surface area contributed by atoms with Gasteiger partial charge in [-0.2, -0.15) is 9.67 Å². The minimum Gasteiger partial charge on any atom is -0.497 e. The number of ether oxygens (including phenoxy) is 1. The Bertz CT molecular complexity index is 1010. The number of hydrogen-bond acceptors (Lipinski definition) is 8. The Morgan fingerprint density at radius 3 is 2.48 bits per heavy atom. The molecule has 1 saturated carbocycles. The molecule has 3 aromatic rings. The summed E-state index contributed by atoms with van der Waals surface area (Å²) in [6.07, 6.45) is 7.96. The Morgan fingerprint density at radius 1 is 1.03 bits per heavy atom. The van der Waals surface area contributed by atoms with E-state index >= 15 is 0 Å². The number of anilines is 1. The van der Waals surface area contributed by atoms with E-state index in [1.54, 1.807) is 18.0 Å². The number of nitrogens with one attached hydrogen (secondary N) is 1. The molecule has 1 aliphatic carbocycles. The Morgan fingerprint density at radius 2 is 1.77 bits per heavy atom. The molecule has 9 heteroatoms. The van der Waals surface area contributed by atoms with Crippen LogP contribution in [0.2, 0.25) is 0 Å². The van der Waals surface area contributed by atoms with Gasteiger partial charge in [-0.25, -0.2) is 4.98 Å². The van der Waals surface area contributed by atoms with Crippen LogP contribution in [-0.4, -0.2) is 73.4 Å². The summed E-state index contributed by atoms with van der Waals surface area (Å²) in [5.74, 6) is 1.41. The van der Waals surface area contributed by atoms with Crippen molar-refractivity contribution in [2.24, 2.45) is 0 Å². The molecule has 2 aliphatic rings. The van der Waals surface area contributed by atoms with Crippen molar-refractivity contribution in [3.8, 4) is 11.4 Å². The van der Waals surface area contributed by atoms with Crippen molar-refractivity contribution >= 4 is 17.1 Å². The van der Waals surface area contributed by atoms with Crippen LogP contribution < -0.4 is 10.1 Å². The van der Waals surface area contributed by atoms with Crippen LogP contribution in [0.5, 0.6) is 5.75 Å². The quantitative estimate of drug-likeness (QED) is 0.645. The number of fused-ring (bicyclic) bond motifs is 1. The van der Waals surface area contributed by atoms with Crippen molar-refractivity contribution in [2.75, 3.05) is 25.5 Å². The molecule has 3 heterocycles. The molecule has 0 radical (unpaired) electrons. The summed E-state index contributed by atoms with van der Waals surface area (Å²) in [4.78, 5) is 11.7. The lowest BCUT2D eigenvalue weighted by atomic mass is 9.89. The molecule has 2 N–H and O–H groups in total. The Labute approximate surface area is 181 Å². The summed E-state index contributed by atoms with van der Waals surface area (Å²) in [5.41, 5.74) is 2.22. The predicted molar refractivity (Wildman–Crippen MR) is 117 cm³/mol. The average molecular weight is 424 g/mol. The molecule has 1 aromatic carbocycles. The van der Waals surface area contributed by atoms with Crippen molar-refractivity contribution < 1.29 is 9.84 Å². The van der Waals surface area contributed by atoms with Gasteiger partial charge >= 0.3 is 0 Å². The molecule has 31 heavy (non-hydrogen) atoms. The topological polar surface area (TPSA) is 101 Å². The second kappa shape index (κ2) is 8.76. The maximum absolute atomic E-state index is 9.74. The first-order valence-corrected chi connectivity index (χ1v) is 11.1. The number of aromatic nitrogens is 5. The fourth-order valence-electron chi connectivity index (χ4n) is 4.71. The first-order chi connectivity index (χ1) is 15.2. The summed E-state index contributed by atoms with van der Waals surface area (Å²) in [6.45, 7) is 2.04. The van der Waals surface area contributed by atoms with Gasteiger partial charge in [0.2, 0.25) is 5.95 Å². The van der Waals surface area contributed by atoms with Crippen molar-refractivity contribution in [1.82, 2.24) is 29.9 Å². The van der Waals surface area contributed by atoms with Crippen LogP contribution in [0.25, 0.3) is 16.9 Å². The summed E-state index contributed by atoms with van der Waals surface area (Å²) in [6, 6.07) is 8.66. The average Bonchev–Trinajstić information content (AvgIpc) is 3.23. The third-order valence-electron chi connectivity index (χ3n) is 6.55. The minimum atomic E-state index is -0.109. The number of aliphatic hydroxyl groups is 1. The standard InChI is InChI=1S/C22H29N7O2/c1-31-19-8-6-17(7-9-19)29-21-20(26-27-29)14-23-22(25-21)24-15-2-4-16(5-3-15)28-12-10-18(30)11-13-28/h6-9,14-16,18,30H,2-5,10-13H2,1H3,(H,23,24,25). The third-order valence-corrected chi connectivity index (χ3v) is 6.55. The summed E-state index contributed by atoms with van der Waals surface area (Å²) >= 11 is 0. The predicted octanol–water partition coefficient (Wildman–Crippen LogP) is 2.40. The fourth-order valence-corrected chi connectivity index (χ4v) is 4.71. The molecule has 1 saturated heterocycles. The Balaban J connectivity index is 1.25. The summed E-state index contributed by atoms with van der Waals surface area (Å²) < 4.78 is 6.96. The van der Waals surface area contributed by atoms with Gasteiger partial charge in [0.15, 0.2) is 11.2 Å². The highest BCUT2D eigenvalue weighted by molar-refractivity contribution is 5.72. The zero-order valence-electron chi connectivity index (χ0n) is 17.8. The minimum absolute atomic E-state index is 0.109. The number of nitrogens with zero attached hydrogens (tertiary/aromatic N) is 6. The molecule has 0 amide bonds. The van der Waals surface area contributed by atoms with Crippen molar-refractivity contribution in [3.63, 3.8) is 0 Å². The maximum atomic E-state index is 9.74. The smallest absolute Gasteiger partial charge is 0.225 e. The SMILES string of the molecule is COc1ccc(-n2nnc3cnc(NC4CCC(N5CCC(O)CC5)CC4)nc32)cc1. The van der Waals surface area contributed by atoms with Crippen LogP contribution >= 0.6 is 0 Å². The van der Waals surface area contributed by atoms with Gasteiger partial charge in [0.25, 0.3) is 0 Å². The van der Waals surface area contributed by atoms with Crippen LogP contribution in [0.3, 0.4) is 0 Å². The highest BCUT2D eigenvalue weighted by Crippen LogP contribution is 2.27. The molecule has 0 bridgehead atoms. The number of hydrogen-bond donors (Lipinski definition) is 2. The van der Waals surface area contributed by atoms with Crippen molar-refractivity contribution in [1.29, 1.82) is 0 Å². The molecule has 164 valence electrons. The van der Waals surface area contributed by atoms with E-state index in [0.29, 0.717) is 29.2 Å². The second-order valence-electron chi connectivity index (χ2n) is 8.52. The maximum Gasteiger partial charge on any atom is 0.225 e. The number of likely N-dealkylation sites (tertiary alicyclic amines) is 1. The molecule has 0 spiro atoms. The lowest BCUT2D eigenvalue weighted by Crippen LogP contribution is -2.45. The monoisotopic (exact) mass is 423 g/mol. The zero-order chi connectivity index (χ0) is 21.2. The number of aliphatic hydroxyl groups excluding tert-OH is 1. The van der Waals surface area contributed by atoms with E-state index in [4.69, 9.17) is 9.72 Å². The van der Waals surface area contributed by atoms with Gasteiger partial charge in [-0.15, -0.1) is 5.10 Å². The zero-order valence-corrected chi connectivity index (χ0v) is 17.8. The van der Waals surface area contributed by atoms with Gasteiger partial charge in [-0.3, -0.25) is 0 Å². The number of piperidine rings is 1. The van der Waals surface area contributed by atoms with Crippen LogP contribution in [0, 0.1) is 0 Å². The van der Waals surface area contributed by atoms with E-state index in [-0.39, 0.29) is 6.10 Å². The molecule has 2 fully saturated rings. The number of benzene rings is 1. The Kier molecular flexibility index (Phi) is 5.69. The summed E-state index contributed by atoms with van der Waals surface area (Å²) in [7, 11) is 1.65. The first kappa shape index (κ1) is 20.1. The van der Waals surface area contributed by atoms with Gasteiger partial charge in [0.05, 0.1) is 25.1 Å². The Hall–Kier alpha value is -2.78. The van der Waals surface area contributed by atoms with Gasteiger partial charge in [0.1, 0.15) is 5.75 Å². The van der Waals surface area contributed by atoms with E-state index in [0.717, 1.165) is 50.2 Å². The second-order valence-corrected chi connectivity index (χ2v) is 8.52. The third kappa shape index (κ3) is 4.33. The van der Waals surface area contributed by atoms with E-state index in [1.807, 2.05) is 24.3 Å².